The van der Waals surface area contributed by atoms with Crippen LogP contribution in [0.5, 0.6) is 11.5 Å². The van der Waals surface area contributed by atoms with Crippen LogP contribution in [0.2, 0.25) is 0 Å². The van der Waals surface area contributed by atoms with E-state index in [0.717, 1.165) is 20.4 Å². The van der Waals surface area contributed by atoms with E-state index in [-0.39, 0.29) is 17.0 Å². The van der Waals surface area contributed by atoms with Crippen molar-refractivity contribution >= 4 is 5.97 Å². The average molecular weight is 265 g/mol. The van der Waals surface area contributed by atoms with Crippen LogP contribution in [-0.2, 0) is 4.74 Å². The number of pyridine rings is 1. The van der Waals surface area contributed by atoms with Crippen molar-refractivity contribution in [1.29, 1.82) is 0 Å². The maximum absolute atomic E-state index is 12.1. The second kappa shape index (κ2) is 5.11. The molecule has 100 valence electrons. The maximum atomic E-state index is 12.1. The van der Waals surface area contributed by atoms with Gasteiger partial charge in [-0.2, -0.15) is 0 Å². The van der Waals surface area contributed by atoms with Crippen molar-refractivity contribution in [3.05, 3.63) is 17.5 Å². The third kappa shape index (κ3) is 3.02. The van der Waals surface area contributed by atoms with E-state index in [0.29, 0.717) is 0 Å². The minimum Gasteiger partial charge on any atom is -0.492 e. The highest BCUT2D eigenvalue weighted by Gasteiger charge is 2.33. The van der Waals surface area contributed by atoms with E-state index in [4.69, 9.17) is 4.74 Å². The van der Waals surface area contributed by atoms with Crippen molar-refractivity contribution < 1.29 is 32.2 Å². The molecule has 0 unspecified atom stereocenters. The smallest absolute Gasteiger partial charge is 0.492 e. The SMILES string of the molecule is COC(=O)c1ncc(OC(F)(F)F)c(OC)c1C. The molecule has 0 fully saturated rings. The van der Waals surface area contributed by atoms with Crippen LogP contribution >= 0.6 is 0 Å². The summed E-state index contributed by atoms with van der Waals surface area (Å²) in [6.45, 7) is 1.38. The highest BCUT2D eigenvalue weighted by Crippen LogP contribution is 2.35. The van der Waals surface area contributed by atoms with Crippen molar-refractivity contribution in [2.45, 2.75) is 13.3 Å². The summed E-state index contributed by atoms with van der Waals surface area (Å²) in [4.78, 5) is 14.9. The van der Waals surface area contributed by atoms with Gasteiger partial charge < -0.3 is 14.2 Å². The van der Waals surface area contributed by atoms with Crippen LogP contribution in [-0.4, -0.2) is 31.5 Å². The molecule has 8 heteroatoms. The number of halogens is 3. The molecule has 1 aromatic rings. The van der Waals surface area contributed by atoms with Crippen LogP contribution in [0.3, 0.4) is 0 Å². The quantitative estimate of drug-likeness (QED) is 0.783. The summed E-state index contributed by atoms with van der Waals surface area (Å²) in [5.41, 5.74) is -0.0324. The number of ether oxygens (including phenoxy) is 3. The van der Waals surface area contributed by atoms with Gasteiger partial charge in [-0.3, -0.25) is 0 Å². The number of hydrogen-bond acceptors (Lipinski definition) is 5. The van der Waals surface area contributed by atoms with Gasteiger partial charge in [0.2, 0.25) is 0 Å². The fourth-order valence-corrected chi connectivity index (χ4v) is 1.32. The predicted octanol–water partition coefficient (Wildman–Crippen LogP) is 2.08. The summed E-state index contributed by atoms with van der Waals surface area (Å²) in [5.74, 6) is -1.61. The number of nitrogens with zero attached hydrogens (tertiary/aromatic N) is 1. The lowest BCUT2D eigenvalue weighted by Gasteiger charge is -2.15. The van der Waals surface area contributed by atoms with E-state index in [2.05, 4.69) is 14.5 Å². The number of aromatic nitrogens is 1. The molecule has 0 aliphatic carbocycles. The summed E-state index contributed by atoms with van der Waals surface area (Å²) in [5, 5.41) is 0. The Hall–Kier alpha value is -1.99. The molecule has 0 amide bonds. The maximum Gasteiger partial charge on any atom is 0.573 e. The zero-order chi connectivity index (χ0) is 13.9. The van der Waals surface area contributed by atoms with Crippen molar-refractivity contribution in [3.8, 4) is 11.5 Å². The fourth-order valence-electron chi connectivity index (χ4n) is 1.32. The van der Waals surface area contributed by atoms with E-state index < -0.39 is 18.1 Å². The molecule has 0 aromatic carbocycles. The van der Waals surface area contributed by atoms with E-state index in [1.807, 2.05) is 0 Å². The van der Waals surface area contributed by atoms with Crippen LogP contribution in [0.4, 0.5) is 13.2 Å². The Morgan fingerprint density at radius 3 is 2.39 bits per heavy atom. The number of rotatable bonds is 3. The average Bonchev–Trinajstić information content (AvgIpc) is 2.26. The van der Waals surface area contributed by atoms with Gasteiger partial charge in [0.1, 0.15) is 0 Å². The highest BCUT2D eigenvalue weighted by atomic mass is 19.4. The summed E-state index contributed by atoms with van der Waals surface area (Å²) in [6.07, 6.45) is -4.11. The Morgan fingerprint density at radius 1 is 1.33 bits per heavy atom. The van der Waals surface area contributed by atoms with Gasteiger partial charge in [0, 0.05) is 5.56 Å². The Labute approximate surface area is 100 Å². The number of carbonyl (C=O) groups is 1. The molecule has 1 aromatic heterocycles. The first-order valence-electron chi connectivity index (χ1n) is 4.67. The van der Waals surface area contributed by atoms with Crippen molar-refractivity contribution in [2.24, 2.45) is 0 Å². The molecule has 1 heterocycles. The molecule has 0 aliphatic heterocycles. The fraction of sp³-hybridized carbons (Fsp3) is 0.400. The lowest BCUT2D eigenvalue weighted by atomic mass is 10.2. The van der Waals surface area contributed by atoms with Crippen molar-refractivity contribution in [1.82, 2.24) is 4.98 Å². The molecule has 1 rings (SSSR count). The number of methoxy groups -OCH3 is 2. The molecular weight excluding hydrogens is 255 g/mol. The van der Waals surface area contributed by atoms with E-state index >= 15 is 0 Å². The van der Waals surface area contributed by atoms with Gasteiger partial charge in [0.15, 0.2) is 17.2 Å². The topological polar surface area (TPSA) is 57.7 Å². The zero-order valence-corrected chi connectivity index (χ0v) is 9.79. The van der Waals surface area contributed by atoms with Crippen molar-refractivity contribution in [2.75, 3.05) is 14.2 Å². The number of alkyl halides is 3. The first-order chi connectivity index (χ1) is 8.30. The van der Waals surface area contributed by atoms with Gasteiger partial charge in [0.25, 0.3) is 0 Å². The third-order valence-electron chi connectivity index (χ3n) is 2.04. The minimum absolute atomic E-state index is 0.103. The van der Waals surface area contributed by atoms with Gasteiger partial charge in [-0.1, -0.05) is 0 Å². The molecule has 18 heavy (non-hydrogen) atoms. The van der Waals surface area contributed by atoms with Gasteiger partial charge in [-0.25, -0.2) is 9.78 Å². The Balaban J connectivity index is 3.25. The molecule has 0 saturated heterocycles. The van der Waals surface area contributed by atoms with Gasteiger partial charge in [0.05, 0.1) is 20.4 Å². The molecular formula is C10H10F3NO4. The second-order valence-corrected chi connectivity index (χ2v) is 3.17. The van der Waals surface area contributed by atoms with E-state index in [1.165, 1.54) is 6.92 Å². The van der Waals surface area contributed by atoms with Crippen molar-refractivity contribution in [3.63, 3.8) is 0 Å². The molecule has 0 saturated carbocycles. The Bertz CT molecular complexity index is 459. The lowest BCUT2D eigenvalue weighted by molar-refractivity contribution is -0.275. The summed E-state index contributed by atoms with van der Waals surface area (Å²) < 4.78 is 49.3. The van der Waals surface area contributed by atoms with Crippen LogP contribution in [0.25, 0.3) is 0 Å². The van der Waals surface area contributed by atoms with Crippen LogP contribution in [0, 0.1) is 6.92 Å². The Morgan fingerprint density at radius 2 is 1.94 bits per heavy atom. The first kappa shape index (κ1) is 14.1. The number of esters is 1. The second-order valence-electron chi connectivity index (χ2n) is 3.17. The van der Waals surface area contributed by atoms with E-state index in [1.54, 1.807) is 0 Å². The summed E-state index contributed by atoms with van der Waals surface area (Å²) >= 11 is 0. The van der Waals surface area contributed by atoms with Crippen LogP contribution in [0.1, 0.15) is 16.1 Å². The minimum atomic E-state index is -4.87. The number of carbonyl (C=O) groups excluding carboxylic acids is 1. The number of hydrogen-bond donors (Lipinski definition) is 0. The molecule has 0 radical (unpaired) electrons. The monoisotopic (exact) mass is 265 g/mol. The van der Waals surface area contributed by atoms with Crippen LogP contribution in [0.15, 0.2) is 6.20 Å². The zero-order valence-electron chi connectivity index (χ0n) is 9.79. The standard InChI is InChI=1S/C10H10F3NO4/c1-5-7(9(15)17-3)14-4-6(8(5)16-2)18-10(11,12)13/h4H,1-3H3. The third-order valence-corrected chi connectivity index (χ3v) is 2.04. The molecule has 0 atom stereocenters. The predicted molar refractivity (Wildman–Crippen MR) is 53.5 cm³/mol. The largest absolute Gasteiger partial charge is 0.573 e. The molecule has 0 bridgehead atoms. The summed E-state index contributed by atoms with van der Waals surface area (Å²) in [7, 11) is 2.29. The van der Waals surface area contributed by atoms with Gasteiger partial charge in [-0.05, 0) is 6.92 Å². The Kier molecular flexibility index (Phi) is 4.00. The van der Waals surface area contributed by atoms with Gasteiger partial charge in [-0.15, -0.1) is 13.2 Å². The van der Waals surface area contributed by atoms with Crippen LogP contribution < -0.4 is 9.47 Å². The first-order valence-corrected chi connectivity index (χ1v) is 4.67. The summed E-state index contributed by atoms with van der Waals surface area (Å²) in [6, 6.07) is 0. The molecule has 0 spiro atoms. The molecule has 0 N–H and O–H groups in total. The van der Waals surface area contributed by atoms with Gasteiger partial charge >= 0.3 is 12.3 Å². The highest BCUT2D eigenvalue weighted by molar-refractivity contribution is 5.89. The molecule has 0 aliphatic rings. The lowest BCUT2D eigenvalue weighted by Crippen LogP contribution is -2.19. The molecule has 5 nitrogen and oxygen atoms in total. The van der Waals surface area contributed by atoms with E-state index in [9.17, 15) is 18.0 Å². The normalized spacial score (nSPS) is 11.0.